The zero-order valence-electron chi connectivity index (χ0n) is 9.87. The molecule has 5 heteroatoms. The summed E-state index contributed by atoms with van der Waals surface area (Å²) in [6.45, 7) is -0.443. The molecule has 0 fully saturated rings. The molecule has 0 radical (unpaired) electrons. The van der Waals surface area contributed by atoms with E-state index in [1.54, 1.807) is 18.2 Å². The van der Waals surface area contributed by atoms with Gasteiger partial charge in [0.25, 0.3) is 0 Å². The molecule has 0 atom stereocenters. The van der Waals surface area contributed by atoms with Crippen LogP contribution in [0.5, 0.6) is 5.75 Å². The van der Waals surface area contributed by atoms with Crippen molar-refractivity contribution in [3.8, 4) is 5.75 Å². The molecular weight excluding hydrogens is 318 g/mol. The molecule has 0 bridgehead atoms. The van der Waals surface area contributed by atoms with Gasteiger partial charge in [-0.25, -0.2) is 8.78 Å². The molecule has 2 nitrogen and oxygen atoms in total. The number of halogens is 3. The van der Waals surface area contributed by atoms with E-state index in [-0.39, 0.29) is 18.8 Å². The lowest BCUT2D eigenvalue weighted by atomic mass is 10.2. The monoisotopic (exact) mass is 328 g/mol. The van der Waals surface area contributed by atoms with Crippen LogP contribution >= 0.6 is 15.9 Å². The molecule has 0 aliphatic heterocycles. The molecule has 0 spiro atoms. The van der Waals surface area contributed by atoms with Gasteiger partial charge in [0.2, 0.25) is 0 Å². The van der Waals surface area contributed by atoms with Gasteiger partial charge in [0.1, 0.15) is 24.0 Å². The van der Waals surface area contributed by atoms with E-state index in [2.05, 4.69) is 15.9 Å². The van der Waals surface area contributed by atoms with Gasteiger partial charge in [0.05, 0.1) is 12.2 Å². The average molecular weight is 329 g/mol. The quantitative estimate of drug-likeness (QED) is 0.925. The molecule has 0 unspecified atom stereocenters. The summed E-state index contributed by atoms with van der Waals surface area (Å²) >= 11 is 3.27. The first-order valence-electron chi connectivity index (χ1n) is 5.57. The van der Waals surface area contributed by atoms with Crippen LogP contribution in [-0.2, 0) is 13.2 Å². The van der Waals surface area contributed by atoms with Crippen molar-refractivity contribution >= 4 is 15.9 Å². The van der Waals surface area contributed by atoms with Crippen molar-refractivity contribution in [2.45, 2.75) is 13.2 Å². The van der Waals surface area contributed by atoms with Crippen LogP contribution in [-0.4, -0.2) is 5.11 Å². The summed E-state index contributed by atoms with van der Waals surface area (Å²) in [5, 5.41) is 9.20. The zero-order chi connectivity index (χ0) is 13.8. The zero-order valence-corrected chi connectivity index (χ0v) is 11.5. The van der Waals surface area contributed by atoms with Crippen LogP contribution in [0, 0.1) is 11.6 Å². The molecular formula is C14H11BrF2O2. The van der Waals surface area contributed by atoms with Gasteiger partial charge in [-0.15, -0.1) is 0 Å². The summed E-state index contributed by atoms with van der Waals surface area (Å²) in [6, 6.07) is 8.70. The topological polar surface area (TPSA) is 29.5 Å². The maximum absolute atomic E-state index is 13.4. The van der Waals surface area contributed by atoms with Crippen molar-refractivity contribution in [3.05, 3.63) is 63.6 Å². The van der Waals surface area contributed by atoms with E-state index in [0.717, 1.165) is 4.47 Å². The molecule has 0 aliphatic carbocycles. The maximum Gasteiger partial charge on any atom is 0.132 e. The molecule has 0 aliphatic rings. The lowest BCUT2D eigenvalue weighted by Gasteiger charge is -2.11. The second-order valence-electron chi connectivity index (χ2n) is 3.90. The highest BCUT2D eigenvalue weighted by Crippen LogP contribution is 2.25. The minimum atomic E-state index is -0.650. The summed E-state index contributed by atoms with van der Waals surface area (Å²) in [7, 11) is 0. The van der Waals surface area contributed by atoms with Crippen molar-refractivity contribution in [2.75, 3.05) is 0 Å². The van der Waals surface area contributed by atoms with Crippen LogP contribution in [0.2, 0.25) is 0 Å². The number of aliphatic hydroxyl groups is 1. The van der Waals surface area contributed by atoms with Crippen LogP contribution in [0.3, 0.4) is 0 Å². The Hall–Kier alpha value is -1.46. The predicted octanol–water partition coefficient (Wildman–Crippen LogP) is 3.80. The molecule has 0 saturated heterocycles. The maximum atomic E-state index is 13.4. The van der Waals surface area contributed by atoms with E-state index in [1.807, 2.05) is 0 Å². The first-order chi connectivity index (χ1) is 9.11. The minimum absolute atomic E-state index is 0.130. The fraction of sp³-hybridized carbons (Fsp3) is 0.143. The van der Waals surface area contributed by atoms with Crippen molar-refractivity contribution in [3.63, 3.8) is 0 Å². The van der Waals surface area contributed by atoms with Gasteiger partial charge in [-0.2, -0.15) is 0 Å². The Morgan fingerprint density at radius 1 is 1.11 bits per heavy atom. The molecule has 0 aromatic heterocycles. The summed E-state index contributed by atoms with van der Waals surface area (Å²) in [4.78, 5) is 0. The lowest BCUT2D eigenvalue weighted by molar-refractivity contribution is 0.255. The molecule has 1 N–H and O–H groups in total. The third-order valence-corrected chi connectivity index (χ3v) is 3.12. The first-order valence-corrected chi connectivity index (χ1v) is 6.36. The van der Waals surface area contributed by atoms with Crippen LogP contribution in [0.15, 0.2) is 40.9 Å². The SMILES string of the molecule is OCc1cc(Br)ccc1OCc1c(F)cccc1F. The number of aliphatic hydroxyl groups excluding tert-OH is 1. The third kappa shape index (κ3) is 3.30. The number of hydrogen-bond acceptors (Lipinski definition) is 2. The van der Waals surface area contributed by atoms with Crippen LogP contribution < -0.4 is 4.74 Å². The smallest absolute Gasteiger partial charge is 0.132 e. The molecule has 0 heterocycles. The Morgan fingerprint density at radius 2 is 1.79 bits per heavy atom. The van der Waals surface area contributed by atoms with Crippen LogP contribution in [0.4, 0.5) is 8.78 Å². The fourth-order valence-electron chi connectivity index (χ4n) is 1.63. The standard InChI is InChI=1S/C14H11BrF2O2/c15-10-4-5-14(9(6-10)7-18)19-8-11-12(16)2-1-3-13(11)17/h1-6,18H,7-8H2. The molecule has 19 heavy (non-hydrogen) atoms. The average Bonchev–Trinajstić information content (AvgIpc) is 2.39. The molecule has 2 aromatic carbocycles. The summed E-state index contributed by atoms with van der Waals surface area (Å²) < 4.78 is 33.0. The van der Waals surface area contributed by atoms with Gasteiger partial charge in [0, 0.05) is 10.0 Å². The first kappa shape index (κ1) is 14.0. The van der Waals surface area contributed by atoms with Gasteiger partial charge >= 0.3 is 0 Å². The summed E-state index contributed by atoms with van der Waals surface area (Å²) in [6.07, 6.45) is 0. The van der Waals surface area contributed by atoms with Crippen molar-refractivity contribution in [2.24, 2.45) is 0 Å². The van der Waals surface area contributed by atoms with E-state index < -0.39 is 11.6 Å². The molecule has 0 amide bonds. The van der Waals surface area contributed by atoms with Gasteiger partial charge < -0.3 is 9.84 Å². The number of hydrogen-bond donors (Lipinski definition) is 1. The Bertz CT molecular complexity index is 567. The lowest BCUT2D eigenvalue weighted by Crippen LogP contribution is -2.03. The van der Waals surface area contributed by atoms with Crippen molar-refractivity contribution in [1.82, 2.24) is 0 Å². The van der Waals surface area contributed by atoms with Crippen molar-refractivity contribution < 1.29 is 18.6 Å². The number of ether oxygens (including phenoxy) is 1. The summed E-state index contributed by atoms with van der Waals surface area (Å²) in [5.74, 6) is -0.904. The molecule has 100 valence electrons. The van der Waals surface area contributed by atoms with E-state index in [4.69, 9.17) is 4.74 Å². The molecule has 2 rings (SSSR count). The van der Waals surface area contributed by atoms with E-state index in [9.17, 15) is 13.9 Å². The largest absolute Gasteiger partial charge is 0.488 e. The van der Waals surface area contributed by atoms with Crippen LogP contribution in [0.25, 0.3) is 0 Å². The highest BCUT2D eigenvalue weighted by Gasteiger charge is 2.10. The Labute approximate surface area is 117 Å². The molecule has 0 saturated carbocycles. The summed E-state index contributed by atoms with van der Waals surface area (Å²) in [5.41, 5.74) is 0.417. The predicted molar refractivity (Wildman–Crippen MR) is 70.8 cm³/mol. The second kappa shape index (κ2) is 6.12. The highest BCUT2D eigenvalue weighted by molar-refractivity contribution is 9.10. The van der Waals surface area contributed by atoms with Gasteiger partial charge in [-0.3, -0.25) is 0 Å². The van der Waals surface area contributed by atoms with Gasteiger partial charge in [-0.1, -0.05) is 22.0 Å². The number of benzene rings is 2. The van der Waals surface area contributed by atoms with Gasteiger partial charge in [-0.05, 0) is 30.3 Å². The van der Waals surface area contributed by atoms with Crippen molar-refractivity contribution in [1.29, 1.82) is 0 Å². The van der Waals surface area contributed by atoms with Gasteiger partial charge in [0.15, 0.2) is 0 Å². The van der Waals surface area contributed by atoms with E-state index >= 15 is 0 Å². The van der Waals surface area contributed by atoms with E-state index in [1.165, 1.54) is 18.2 Å². The third-order valence-electron chi connectivity index (χ3n) is 2.63. The van der Waals surface area contributed by atoms with E-state index in [0.29, 0.717) is 11.3 Å². The second-order valence-corrected chi connectivity index (χ2v) is 4.81. The Kier molecular flexibility index (Phi) is 4.50. The fourth-order valence-corrected chi connectivity index (χ4v) is 2.04. The minimum Gasteiger partial charge on any atom is -0.488 e. The Morgan fingerprint density at radius 3 is 2.42 bits per heavy atom. The highest BCUT2D eigenvalue weighted by atomic mass is 79.9. The number of rotatable bonds is 4. The Balaban J connectivity index is 2.19. The normalized spacial score (nSPS) is 10.5. The molecule has 2 aromatic rings. The van der Waals surface area contributed by atoms with Crippen LogP contribution in [0.1, 0.15) is 11.1 Å².